The van der Waals surface area contributed by atoms with Gasteiger partial charge in [-0.25, -0.2) is 0 Å². The summed E-state index contributed by atoms with van der Waals surface area (Å²) in [5.74, 6) is 0.225. The van der Waals surface area contributed by atoms with Gasteiger partial charge in [-0.3, -0.25) is 14.5 Å². The standard InChI is InChI=1S/C14H26N4O2/c1-3-16(4-2)11-12(19)17-7-9-18(10-8-17)13(20)14(15)5-6-14/h3-11,15H2,1-2H3. The third-order valence-electron chi connectivity index (χ3n) is 4.39. The maximum Gasteiger partial charge on any atom is 0.242 e. The minimum atomic E-state index is -0.590. The fourth-order valence-electron chi connectivity index (χ4n) is 2.56. The van der Waals surface area contributed by atoms with E-state index >= 15 is 0 Å². The number of rotatable bonds is 5. The van der Waals surface area contributed by atoms with Gasteiger partial charge < -0.3 is 15.5 Å². The van der Waals surface area contributed by atoms with E-state index < -0.39 is 5.54 Å². The van der Waals surface area contributed by atoms with E-state index in [0.29, 0.717) is 32.7 Å². The number of piperazine rings is 1. The van der Waals surface area contributed by atoms with Crippen LogP contribution in [-0.2, 0) is 9.59 Å². The van der Waals surface area contributed by atoms with Crippen molar-refractivity contribution in [1.82, 2.24) is 14.7 Å². The van der Waals surface area contributed by atoms with Gasteiger partial charge in [-0.15, -0.1) is 0 Å². The molecular formula is C14H26N4O2. The number of hydrogen-bond donors (Lipinski definition) is 1. The molecule has 2 fully saturated rings. The van der Waals surface area contributed by atoms with Crippen molar-refractivity contribution in [1.29, 1.82) is 0 Å². The first-order chi connectivity index (χ1) is 9.50. The van der Waals surface area contributed by atoms with Crippen molar-refractivity contribution in [2.75, 3.05) is 45.8 Å². The Morgan fingerprint density at radius 1 is 1.05 bits per heavy atom. The molecule has 2 aliphatic rings. The van der Waals surface area contributed by atoms with Crippen LogP contribution < -0.4 is 5.73 Å². The molecule has 1 saturated carbocycles. The van der Waals surface area contributed by atoms with Gasteiger partial charge in [0.2, 0.25) is 11.8 Å². The zero-order valence-corrected chi connectivity index (χ0v) is 12.6. The van der Waals surface area contributed by atoms with Gasteiger partial charge in [-0.1, -0.05) is 13.8 Å². The summed E-state index contributed by atoms with van der Waals surface area (Å²) < 4.78 is 0. The van der Waals surface area contributed by atoms with E-state index in [4.69, 9.17) is 5.73 Å². The molecule has 6 nitrogen and oxygen atoms in total. The maximum atomic E-state index is 12.2. The molecule has 2 rings (SSSR count). The Morgan fingerprint density at radius 3 is 2.00 bits per heavy atom. The monoisotopic (exact) mass is 282 g/mol. The van der Waals surface area contributed by atoms with E-state index in [1.54, 1.807) is 0 Å². The number of amides is 2. The zero-order chi connectivity index (χ0) is 14.8. The van der Waals surface area contributed by atoms with Crippen LogP contribution in [0.3, 0.4) is 0 Å². The lowest BCUT2D eigenvalue weighted by Gasteiger charge is -2.36. The third kappa shape index (κ3) is 3.30. The van der Waals surface area contributed by atoms with Crippen LogP contribution in [0.25, 0.3) is 0 Å². The van der Waals surface area contributed by atoms with E-state index in [-0.39, 0.29) is 11.8 Å². The quantitative estimate of drug-likeness (QED) is 0.737. The molecule has 2 N–H and O–H groups in total. The first kappa shape index (κ1) is 15.3. The summed E-state index contributed by atoms with van der Waals surface area (Å²) >= 11 is 0. The number of nitrogens with two attached hydrogens (primary N) is 1. The highest BCUT2D eigenvalue weighted by molar-refractivity contribution is 5.89. The fourth-order valence-corrected chi connectivity index (χ4v) is 2.56. The molecule has 6 heteroatoms. The molecule has 0 spiro atoms. The van der Waals surface area contributed by atoms with E-state index in [2.05, 4.69) is 18.7 Å². The molecule has 20 heavy (non-hydrogen) atoms. The predicted molar refractivity (Wildman–Crippen MR) is 77.1 cm³/mol. The summed E-state index contributed by atoms with van der Waals surface area (Å²) in [5.41, 5.74) is 5.35. The van der Waals surface area contributed by atoms with Crippen LogP contribution in [0, 0.1) is 0 Å². The average molecular weight is 282 g/mol. The molecule has 1 aliphatic carbocycles. The summed E-state index contributed by atoms with van der Waals surface area (Å²) in [6.07, 6.45) is 1.60. The van der Waals surface area contributed by atoms with E-state index in [1.807, 2.05) is 9.80 Å². The van der Waals surface area contributed by atoms with Crippen molar-refractivity contribution in [3.63, 3.8) is 0 Å². The topological polar surface area (TPSA) is 69.9 Å². The molecule has 114 valence electrons. The van der Waals surface area contributed by atoms with Crippen LogP contribution in [-0.4, -0.2) is 77.9 Å². The van der Waals surface area contributed by atoms with Crippen molar-refractivity contribution in [3.05, 3.63) is 0 Å². The second-order valence-electron chi connectivity index (χ2n) is 5.79. The molecule has 0 aromatic carbocycles. The molecule has 2 amide bonds. The Hall–Kier alpha value is -1.14. The first-order valence-electron chi connectivity index (χ1n) is 7.58. The van der Waals surface area contributed by atoms with Crippen molar-refractivity contribution >= 4 is 11.8 Å². The van der Waals surface area contributed by atoms with Crippen molar-refractivity contribution in [3.8, 4) is 0 Å². The Labute approximate surface area is 120 Å². The van der Waals surface area contributed by atoms with E-state index in [9.17, 15) is 9.59 Å². The molecule has 0 aromatic rings. The SMILES string of the molecule is CCN(CC)CC(=O)N1CCN(C(=O)C2(N)CC2)CC1. The summed E-state index contributed by atoms with van der Waals surface area (Å²) in [5, 5.41) is 0. The Bertz CT molecular complexity index is 369. The highest BCUT2D eigenvalue weighted by atomic mass is 16.2. The van der Waals surface area contributed by atoms with E-state index in [0.717, 1.165) is 25.9 Å². The van der Waals surface area contributed by atoms with Crippen LogP contribution in [0.5, 0.6) is 0 Å². The summed E-state index contributed by atoms with van der Waals surface area (Å²) in [6.45, 7) is 8.84. The second-order valence-corrected chi connectivity index (χ2v) is 5.79. The molecule has 0 bridgehead atoms. The molecule has 0 unspecified atom stereocenters. The van der Waals surface area contributed by atoms with Crippen LogP contribution >= 0.6 is 0 Å². The number of likely N-dealkylation sites (N-methyl/N-ethyl adjacent to an activating group) is 1. The molecular weight excluding hydrogens is 256 g/mol. The summed E-state index contributed by atoms with van der Waals surface area (Å²) in [6, 6.07) is 0. The predicted octanol–water partition coefficient (Wildman–Crippen LogP) is -0.510. The number of carbonyl (C=O) groups is 2. The molecule has 0 atom stereocenters. The Kier molecular flexibility index (Phi) is 4.65. The van der Waals surface area contributed by atoms with Crippen LogP contribution in [0.15, 0.2) is 0 Å². The molecule has 1 saturated heterocycles. The minimum absolute atomic E-state index is 0.0633. The maximum absolute atomic E-state index is 12.2. The van der Waals surface area contributed by atoms with Gasteiger partial charge in [0.25, 0.3) is 0 Å². The Balaban J connectivity index is 1.79. The van der Waals surface area contributed by atoms with Gasteiger partial charge in [-0.2, -0.15) is 0 Å². The Morgan fingerprint density at radius 2 is 1.55 bits per heavy atom. The van der Waals surface area contributed by atoms with Crippen LogP contribution in [0.4, 0.5) is 0 Å². The van der Waals surface area contributed by atoms with E-state index in [1.165, 1.54) is 0 Å². The smallest absolute Gasteiger partial charge is 0.242 e. The lowest BCUT2D eigenvalue weighted by atomic mass is 10.2. The van der Waals surface area contributed by atoms with Gasteiger partial charge >= 0.3 is 0 Å². The van der Waals surface area contributed by atoms with Crippen molar-refractivity contribution < 1.29 is 9.59 Å². The van der Waals surface area contributed by atoms with Crippen LogP contribution in [0.2, 0.25) is 0 Å². The second kappa shape index (κ2) is 6.10. The zero-order valence-electron chi connectivity index (χ0n) is 12.6. The third-order valence-corrected chi connectivity index (χ3v) is 4.39. The fraction of sp³-hybridized carbons (Fsp3) is 0.857. The van der Waals surface area contributed by atoms with Crippen molar-refractivity contribution in [2.45, 2.75) is 32.2 Å². The molecule has 1 heterocycles. The minimum Gasteiger partial charge on any atom is -0.338 e. The first-order valence-corrected chi connectivity index (χ1v) is 7.58. The van der Waals surface area contributed by atoms with Gasteiger partial charge in [0, 0.05) is 26.2 Å². The number of hydrogen-bond acceptors (Lipinski definition) is 4. The lowest BCUT2D eigenvalue weighted by molar-refractivity contribution is -0.141. The summed E-state index contributed by atoms with van der Waals surface area (Å²) in [4.78, 5) is 30.1. The number of carbonyl (C=O) groups excluding carboxylic acids is 2. The van der Waals surface area contributed by atoms with Gasteiger partial charge in [-0.05, 0) is 25.9 Å². The highest BCUT2D eigenvalue weighted by Crippen LogP contribution is 2.34. The number of nitrogens with zero attached hydrogens (tertiary/aromatic N) is 3. The largest absolute Gasteiger partial charge is 0.338 e. The van der Waals surface area contributed by atoms with Gasteiger partial charge in [0.1, 0.15) is 0 Å². The van der Waals surface area contributed by atoms with Gasteiger partial charge in [0.15, 0.2) is 0 Å². The van der Waals surface area contributed by atoms with Gasteiger partial charge in [0.05, 0.1) is 12.1 Å². The van der Waals surface area contributed by atoms with Crippen molar-refractivity contribution in [2.24, 2.45) is 5.73 Å². The molecule has 1 aliphatic heterocycles. The summed E-state index contributed by atoms with van der Waals surface area (Å²) in [7, 11) is 0. The molecule has 0 radical (unpaired) electrons. The highest BCUT2D eigenvalue weighted by Gasteiger charge is 2.48. The average Bonchev–Trinajstić information content (AvgIpc) is 3.23. The molecule has 0 aromatic heterocycles. The van der Waals surface area contributed by atoms with Crippen LogP contribution in [0.1, 0.15) is 26.7 Å². The normalized spacial score (nSPS) is 21.2. The lowest BCUT2D eigenvalue weighted by Crippen LogP contribution is -2.56.